The summed E-state index contributed by atoms with van der Waals surface area (Å²) >= 11 is 6.16. The fraction of sp³-hybridized carbons (Fsp3) is 0.400. The first kappa shape index (κ1) is 18.1. The van der Waals surface area contributed by atoms with Crippen molar-refractivity contribution in [3.63, 3.8) is 0 Å². The zero-order valence-electron chi connectivity index (χ0n) is 12.9. The van der Waals surface area contributed by atoms with Gasteiger partial charge in [-0.15, -0.1) is 22.7 Å². The third-order valence-electron chi connectivity index (χ3n) is 3.90. The van der Waals surface area contributed by atoms with Crippen molar-refractivity contribution in [2.75, 3.05) is 26.2 Å². The Balaban J connectivity index is 1.54. The lowest BCUT2D eigenvalue weighted by Gasteiger charge is -2.33. The molecule has 9 heteroatoms. The van der Waals surface area contributed by atoms with Crippen LogP contribution in [0, 0.1) is 0 Å². The monoisotopic (exact) mass is 448 g/mol. The van der Waals surface area contributed by atoms with E-state index in [1.807, 2.05) is 17.5 Å². The molecule has 1 aliphatic heterocycles. The lowest BCUT2D eigenvalue weighted by atomic mass is 10.2. The van der Waals surface area contributed by atoms with Gasteiger partial charge >= 0.3 is 0 Å². The molecule has 5 nitrogen and oxygen atoms in total. The van der Waals surface area contributed by atoms with Gasteiger partial charge in [0.05, 0.1) is 3.79 Å². The molecule has 1 saturated heterocycles. The summed E-state index contributed by atoms with van der Waals surface area (Å²) in [6.07, 6.45) is 1.23. The molecule has 0 unspecified atom stereocenters. The summed E-state index contributed by atoms with van der Waals surface area (Å²) in [7, 11) is -3.45. The van der Waals surface area contributed by atoms with Crippen molar-refractivity contribution in [1.29, 1.82) is 0 Å². The highest BCUT2D eigenvalue weighted by molar-refractivity contribution is 9.11. The van der Waals surface area contributed by atoms with Gasteiger partial charge < -0.3 is 4.90 Å². The molecule has 1 fully saturated rings. The minimum Gasteiger partial charge on any atom is -0.340 e. The molecule has 3 heterocycles. The number of piperazine rings is 1. The Morgan fingerprint density at radius 2 is 1.92 bits per heavy atom. The van der Waals surface area contributed by atoms with E-state index in [4.69, 9.17) is 0 Å². The van der Waals surface area contributed by atoms with Crippen molar-refractivity contribution in [2.24, 2.45) is 0 Å². The highest BCUT2D eigenvalue weighted by Gasteiger charge is 2.30. The van der Waals surface area contributed by atoms with E-state index >= 15 is 0 Å². The molecule has 1 amide bonds. The number of thiophene rings is 2. The van der Waals surface area contributed by atoms with Gasteiger partial charge in [0.1, 0.15) is 4.21 Å². The first-order valence-electron chi connectivity index (χ1n) is 7.52. The number of sulfonamides is 1. The summed E-state index contributed by atoms with van der Waals surface area (Å²) in [4.78, 5) is 15.3. The first-order chi connectivity index (χ1) is 11.5. The van der Waals surface area contributed by atoms with Crippen LogP contribution in [-0.4, -0.2) is 49.7 Å². The van der Waals surface area contributed by atoms with Crippen LogP contribution in [0.2, 0.25) is 0 Å². The standard InChI is InChI=1S/C15H17BrN2O3S3/c16-13-4-6-15(23-13)24(20,21)18-9-7-17(8-10-18)14(19)5-3-12-2-1-11-22-12/h1-2,4,6,11H,3,5,7-10H2. The zero-order valence-corrected chi connectivity index (χ0v) is 16.9. The van der Waals surface area contributed by atoms with Crippen molar-refractivity contribution >= 4 is 54.5 Å². The average Bonchev–Trinajstić information content (AvgIpc) is 3.24. The Morgan fingerprint density at radius 1 is 1.17 bits per heavy atom. The molecule has 0 aliphatic carbocycles. The fourth-order valence-electron chi connectivity index (χ4n) is 2.58. The molecule has 0 aromatic carbocycles. The number of aryl methyl sites for hydroxylation is 1. The van der Waals surface area contributed by atoms with Crippen LogP contribution in [0.5, 0.6) is 0 Å². The lowest BCUT2D eigenvalue weighted by Crippen LogP contribution is -2.50. The number of halogens is 1. The van der Waals surface area contributed by atoms with Gasteiger partial charge in [-0.2, -0.15) is 4.31 Å². The van der Waals surface area contributed by atoms with Crippen LogP contribution in [0.1, 0.15) is 11.3 Å². The van der Waals surface area contributed by atoms with E-state index in [1.54, 1.807) is 28.4 Å². The van der Waals surface area contributed by atoms with Crippen molar-refractivity contribution in [1.82, 2.24) is 9.21 Å². The summed E-state index contributed by atoms with van der Waals surface area (Å²) in [5.74, 6) is 0.0966. The highest BCUT2D eigenvalue weighted by atomic mass is 79.9. The van der Waals surface area contributed by atoms with Gasteiger partial charge in [-0.05, 0) is 45.9 Å². The minimum absolute atomic E-state index is 0.0966. The predicted octanol–water partition coefficient (Wildman–Crippen LogP) is 3.04. The van der Waals surface area contributed by atoms with Gasteiger partial charge in [-0.25, -0.2) is 8.42 Å². The van der Waals surface area contributed by atoms with Crippen molar-refractivity contribution in [3.8, 4) is 0 Å². The summed E-state index contributed by atoms with van der Waals surface area (Å²) in [6.45, 7) is 1.61. The van der Waals surface area contributed by atoms with Crippen LogP contribution >= 0.6 is 38.6 Å². The number of hydrogen-bond acceptors (Lipinski definition) is 5. The maximum atomic E-state index is 12.6. The van der Waals surface area contributed by atoms with E-state index < -0.39 is 10.0 Å². The SMILES string of the molecule is O=C(CCc1cccs1)N1CCN(S(=O)(=O)c2ccc(Br)s2)CC1. The van der Waals surface area contributed by atoms with E-state index in [0.717, 1.165) is 10.2 Å². The van der Waals surface area contributed by atoms with E-state index in [2.05, 4.69) is 15.9 Å². The number of carbonyl (C=O) groups excluding carboxylic acids is 1. The number of carbonyl (C=O) groups is 1. The summed E-state index contributed by atoms with van der Waals surface area (Å²) in [5.41, 5.74) is 0. The normalized spacial score (nSPS) is 16.5. The van der Waals surface area contributed by atoms with Crippen LogP contribution < -0.4 is 0 Å². The van der Waals surface area contributed by atoms with Crippen LogP contribution in [0.15, 0.2) is 37.6 Å². The Bertz CT molecular complexity index is 794. The number of amides is 1. The fourth-order valence-corrected chi connectivity index (χ4v) is 6.88. The Kier molecular flexibility index (Phi) is 5.76. The summed E-state index contributed by atoms with van der Waals surface area (Å²) < 4.78 is 27.7. The molecule has 0 bridgehead atoms. The first-order valence-corrected chi connectivity index (χ1v) is 11.5. The van der Waals surface area contributed by atoms with Gasteiger partial charge in [0, 0.05) is 37.5 Å². The van der Waals surface area contributed by atoms with Crippen LogP contribution in [-0.2, 0) is 21.2 Å². The quantitative estimate of drug-likeness (QED) is 0.705. The van der Waals surface area contributed by atoms with E-state index in [9.17, 15) is 13.2 Å². The molecule has 1 aliphatic rings. The topological polar surface area (TPSA) is 57.7 Å². The number of hydrogen-bond donors (Lipinski definition) is 0. The molecular weight excluding hydrogens is 432 g/mol. The average molecular weight is 449 g/mol. The second-order valence-electron chi connectivity index (χ2n) is 5.42. The third kappa shape index (κ3) is 4.08. The van der Waals surface area contributed by atoms with Crippen LogP contribution in [0.3, 0.4) is 0 Å². The number of rotatable bonds is 5. The second-order valence-corrected chi connectivity index (χ2v) is 11.1. The Labute approximate surface area is 158 Å². The van der Waals surface area contributed by atoms with Gasteiger partial charge in [0.2, 0.25) is 5.91 Å². The largest absolute Gasteiger partial charge is 0.340 e. The molecule has 0 radical (unpaired) electrons. The molecule has 2 aromatic rings. The van der Waals surface area contributed by atoms with Gasteiger partial charge in [-0.1, -0.05) is 6.07 Å². The molecule has 0 atom stereocenters. The van der Waals surface area contributed by atoms with Crippen molar-refractivity contribution in [2.45, 2.75) is 17.1 Å². The smallest absolute Gasteiger partial charge is 0.252 e. The molecule has 24 heavy (non-hydrogen) atoms. The van der Waals surface area contributed by atoms with Crippen LogP contribution in [0.4, 0.5) is 0 Å². The minimum atomic E-state index is -3.45. The van der Waals surface area contributed by atoms with E-state index in [0.29, 0.717) is 36.8 Å². The molecule has 0 N–H and O–H groups in total. The van der Waals surface area contributed by atoms with Crippen molar-refractivity contribution in [3.05, 3.63) is 38.3 Å². The molecule has 130 valence electrons. The molecule has 0 spiro atoms. The van der Waals surface area contributed by atoms with Crippen LogP contribution in [0.25, 0.3) is 0 Å². The molecular formula is C15H17BrN2O3S3. The highest BCUT2D eigenvalue weighted by Crippen LogP contribution is 2.29. The second kappa shape index (κ2) is 7.65. The molecule has 2 aromatic heterocycles. The zero-order chi connectivity index (χ0) is 17.2. The predicted molar refractivity (Wildman–Crippen MR) is 100.0 cm³/mol. The van der Waals surface area contributed by atoms with Crippen molar-refractivity contribution < 1.29 is 13.2 Å². The van der Waals surface area contributed by atoms with Gasteiger partial charge in [0.15, 0.2) is 0 Å². The Hall–Kier alpha value is -0.740. The Morgan fingerprint density at radius 3 is 2.50 bits per heavy atom. The van der Waals surface area contributed by atoms with Gasteiger partial charge in [-0.3, -0.25) is 4.79 Å². The maximum Gasteiger partial charge on any atom is 0.252 e. The van der Waals surface area contributed by atoms with E-state index in [1.165, 1.54) is 20.5 Å². The molecule has 0 saturated carbocycles. The summed E-state index contributed by atoms with van der Waals surface area (Å²) in [6, 6.07) is 7.36. The number of nitrogens with zero attached hydrogens (tertiary/aromatic N) is 2. The molecule has 3 rings (SSSR count). The maximum absolute atomic E-state index is 12.6. The summed E-state index contributed by atoms with van der Waals surface area (Å²) in [5, 5.41) is 2.01. The third-order valence-corrected chi connectivity index (χ3v) is 8.83. The van der Waals surface area contributed by atoms with E-state index in [-0.39, 0.29) is 5.91 Å². The lowest BCUT2D eigenvalue weighted by molar-refractivity contribution is -0.132. The van der Waals surface area contributed by atoms with Gasteiger partial charge in [0.25, 0.3) is 10.0 Å².